The van der Waals surface area contributed by atoms with E-state index in [0.29, 0.717) is 16.8 Å². The number of fused-ring (bicyclic) bond motifs is 1. The second kappa shape index (κ2) is 6.28. The largest absolute Gasteiger partial charge is 0.497 e. The Hall–Kier alpha value is -1.85. The van der Waals surface area contributed by atoms with Crippen LogP contribution in [0.5, 0.6) is 5.75 Å². The molecule has 0 aliphatic carbocycles. The molecule has 0 saturated heterocycles. The molecule has 0 fully saturated rings. The van der Waals surface area contributed by atoms with Gasteiger partial charge in [-0.25, -0.2) is 0 Å². The van der Waals surface area contributed by atoms with Gasteiger partial charge in [-0.2, -0.15) is 0 Å². The molecule has 2 unspecified atom stereocenters. The molecule has 5 heteroatoms. The second-order valence-electron chi connectivity index (χ2n) is 5.38. The maximum Gasteiger partial charge on any atom is 0.248 e. The van der Waals surface area contributed by atoms with Gasteiger partial charge >= 0.3 is 0 Å². The van der Waals surface area contributed by atoms with Crippen molar-refractivity contribution in [1.29, 1.82) is 0 Å². The number of H-pyrrole nitrogens is 1. The van der Waals surface area contributed by atoms with Gasteiger partial charge < -0.3 is 19.7 Å². The molecule has 21 heavy (non-hydrogen) atoms. The van der Waals surface area contributed by atoms with Gasteiger partial charge in [-0.15, -0.1) is 0 Å². The molecule has 0 saturated carbocycles. The van der Waals surface area contributed by atoms with Crippen molar-refractivity contribution in [1.82, 2.24) is 9.88 Å². The summed E-state index contributed by atoms with van der Waals surface area (Å²) in [6.07, 6.45) is 0.0498. The van der Waals surface area contributed by atoms with E-state index in [-0.39, 0.29) is 11.6 Å². The van der Waals surface area contributed by atoms with Gasteiger partial charge in [0.1, 0.15) is 5.75 Å². The zero-order valence-electron chi connectivity index (χ0n) is 12.9. The fraction of sp³-hybridized carbons (Fsp3) is 0.438. The first-order valence-corrected chi connectivity index (χ1v) is 7.03. The van der Waals surface area contributed by atoms with Gasteiger partial charge in [0.25, 0.3) is 0 Å². The minimum atomic E-state index is -0.734. The fourth-order valence-corrected chi connectivity index (χ4v) is 2.71. The van der Waals surface area contributed by atoms with E-state index >= 15 is 0 Å². The van der Waals surface area contributed by atoms with Crippen LogP contribution in [-0.2, 0) is 0 Å². The van der Waals surface area contributed by atoms with Crippen LogP contribution in [-0.4, -0.2) is 42.2 Å². The van der Waals surface area contributed by atoms with Gasteiger partial charge in [0, 0.05) is 23.0 Å². The molecule has 0 amide bonds. The standard InChI is InChI=1S/C16H22N2O3/c1-5-14(18(2)3)16(20)12-9-15(19)17-13-7-6-10(21-4)8-11(12)13/h6-9,14,16,20H,5H2,1-4H3,(H,17,19). The zero-order valence-corrected chi connectivity index (χ0v) is 12.9. The number of aromatic nitrogens is 1. The van der Waals surface area contributed by atoms with Gasteiger partial charge in [-0.3, -0.25) is 4.79 Å². The summed E-state index contributed by atoms with van der Waals surface area (Å²) in [5, 5.41) is 11.5. The van der Waals surface area contributed by atoms with E-state index in [9.17, 15) is 9.90 Å². The van der Waals surface area contributed by atoms with Gasteiger partial charge in [0.15, 0.2) is 0 Å². The minimum absolute atomic E-state index is 0.0544. The number of rotatable bonds is 5. The van der Waals surface area contributed by atoms with Crippen molar-refractivity contribution in [2.75, 3.05) is 21.2 Å². The summed E-state index contributed by atoms with van der Waals surface area (Å²) in [7, 11) is 5.44. The Labute approximate surface area is 124 Å². The van der Waals surface area contributed by atoms with Crippen LogP contribution in [0.1, 0.15) is 25.0 Å². The van der Waals surface area contributed by atoms with E-state index < -0.39 is 6.10 Å². The number of benzene rings is 1. The molecule has 1 aromatic heterocycles. The summed E-state index contributed by atoms with van der Waals surface area (Å²) in [5.41, 5.74) is 1.12. The lowest BCUT2D eigenvalue weighted by Crippen LogP contribution is -2.34. The summed E-state index contributed by atoms with van der Waals surface area (Å²) in [6.45, 7) is 2.02. The fourth-order valence-electron chi connectivity index (χ4n) is 2.71. The third-order valence-corrected chi connectivity index (χ3v) is 3.85. The number of aliphatic hydroxyl groups excluding tert-OH is 1. The average Bonchev–Trinajstić information content (AvgIpc) is 2.46. The topological polar surface area (TPSA) is 65.6 Å². The molecule has 2 rings (SSSR count). The molecule has 0 radical (unpaired) electrons. The molecular formula is C16H22N2O3. The van der Waals surface area contributed by atoms with E-state index in [1.807, 2.05) is 32.0 Å². The molecule has 1 heterocycles. The van der Waals surface area contributed by atoms with Crippen LogP contribution in [0.25, 0.3) is 10.9 Å². The van der Waals surface area contributed by atoms with E-state index in [0.717, 1.165) is 11.8 Å². The Bertz CT molecular complexity index is 679. The van der Waals surface area contributed by atoms with Crippen molar-refractivity contribution < 1.29 is 9.84 Å². The van der Waals surface area contributed by atoms with Gasteiger partial charge in [-0.1, -0.05) is 6.92 Å². The van der Waals surface area contributed by atoms with E-state index in [4.69, 9.17) is 4.74 Å². The van der Waals surface area contributed by atoms with Crippen molar-refractivity contribution in [3.8, 4) is 5.75 Å². The van der Waals surface area contributed by atoms with E-state index in [1.165, 1.54) is 6.07 Å². The first-order chi connectivity index (χ1) is 9.97. The van der Waals surface area contributed by atoms with Crippen LogP contribution in [0.15, 0.2) is 29.1 Å². The van der Waals surface area contributed by atoms with Crippen LogP contribution >= 0.6 is 0 Å². The first kappa shape index (κ1) is 15.5. The smallest absolute Gasteiger partial charge is 0.248 e. The van der Waals surface area contributed by atoms with E-state index in [2.05, 4.69) is 4.98 Å². The number of nitrogens with one attached hydrogen (secondary N) is 1. The summed E-state index contributed by atoms with van der Waals surface area (Å²) in [5.74, 6) is 0.695. The van der Waals surface area contributed by atoms with Crippen LogP contribution in [0, 0.1) is 0 Å². The summed E-state index contributed by atoms with van der Waals surface area (Å²) in [4.78, 5) is 16.6. The molecule has 114 valence electrons. The predicted octanol–water partition coefficient (Wildman–Crippen LogP) is 1.91. The number of aliphatic hydroxyl groups is 1. The SMILES string of the molecule is CCC(C(O)c1cc(=O)[nH]c2ccc(OC)cc12)N(C)C. The Morgan fingerprint density at radius 3 is 2.62 bits per heavy atom. The molecule has 2 N–H and O–H groups in total. The van der Waals surface area contributed by atoms with Crippen molar-refractivity contribution in [3.63, 3.8) is 0 Å². The predicted molar refractivity (Wildman–Crippen MR) is 83.8 cm³/mol. The molecule has 0 spiro atoms. The maximum atomic E-state index is 11.8. The lowest BCUT2D eigenvalue weighted by atomic mass is 9.96. The number of pyridine rings is 1. The molecule has 0 aliphatic rings. The highest BCUT2D eigenvalue weighted by Crippen LogP contribution is 2.29. The number of aromatic amines is 1. The van der Waals surface area contributed by atoms with E-state index in [1.54, 1.807) is 19.2 Å². The van der Waals surface area contributed by atoms with Gasteiger partial charge in [0.05, 0.1) is 13.2 Å². The molecule has 2 atom stereocenters. The third-order valence-electron chi connectivity index (χ3n) is 3.85. The summed E-state index contributed by atoms with van der Waals surface area (Å²) >= 11 is 0. The Morgan fingerprint density at radius 1 is 1.33 bits per heavy atom. The van der Waals surface area contributed by atoms with Crippen molar-refractivity contribution in [3.05, 3.63) is 40.2 Å². The number of ether oxygens (including phenoxy) is 1. The monoisotopic (exact) mass is 290 g/mol. The highest BCUT2D eigenvalue weighted by Gasteiger charge is 2.23. The molecule has 2 aromatic rings. The lowest BCUT2D eigenvalue weighted by Gasteiger charge is -2.28. The lowest BCUT2D eigenvalue weighted by molar-refractivity contribution is 0.0744. The Morgan fingerprint density at radius 2 is 2.05 bits per heavy atom. The Balaban J connectivity index is 2.63. The first-order valence-electron chi connectivity index (χ1n) is 7.03. The zero-order chi connectivity index (χ0) is 15.6. The van der Waals surface area contributed by atoms with Crippen molar-refractivity contribution in [2.24, 2.45) is 0 Å². The number of likely N-dealkylation sites (N-methyl/N-ethyl adjacent to an activating group) is 1. The number of methoxy groups -OCH3 is 1. The molecule has 1 aromatic carbocycles. The van der Waals surface area contributed by atoms with Crippen molar-refractivity contribution >= 4 is 10.9 Å². The normalized spacial score (nSPS) is 14.4. The molecule has 0 aliphatic heterocycles. The number of nitrogens with zero attached hydrogens (tertiary/aromatic N) is 1. The minimum Gasteiger partial charge on any atom is -0.497 e. The summed E-state index contributed by atoms with van der Waals surface area (Å²) in [6, 6.07) is 6.84. The summed E-state index contributed by atoms with van der Waals surface area (Å²) < 4.78 is 5.24. The van der Waals surface area contributed by atoms with Crippen molar-refractivity contribution in [2.45, 2.75) is 25.5 Å². The highest BCUT2D eigenvalue weighted by molar-refractivity contribution is 5.83. The molecule has 0 bridgehead atoms. The van der Waals surface area contributed by atoms with Crippen LogP contribution in [0.3, 0.4) is 0 Å². The molecular weight excluding hydrogens is 268 g/mol. The van der Waals surface area contributed by atoms with Crippen LogP contribution in [0.4, 0.5) is 0 Å². The maximum absolute atomic E-state index is 11.8. The van der Waals surface area contributed by atoms with Gasteiger partial charge in [-0.05, 0) is 44.3 Å². The quantitative estimate of drug-likeness (QED) is 0.883. The van der Waals surface area contributed by atoms with Crippen LogP contribution in [0.2, 0.25) is 0 Å². The third kappa shape index (κ3) is 3.09. The second-order valence-corrected chi connectivity index (χ2v) is 5.38. The number of hydrogen-bond acceptors (Lipinski definition) is 4. The highest BCUT2D eigenvalue weighted by atomic mass is 16.5. The Kier molecular flexibility index (Phi) is 4.65. The van der Waals surface area contributed by atoms with Gasteiger partial charge in [0.2, 0.25) is 5.56 Å². The molecule has 5 nitrogen and oxygen atoms in total. The number of hydrogen-bond donors (Lipinski definition) is 2. The van der Waals surface area contributed by atoms with Crippen LogP contribution < -0.4 is 10.3 Å². The average molecular weight is 290 g/mol.